The normalized spacial score (nSPS) is 15.1. The third-order valence-electron chi connectivity index (χ3n) is 4.72. The summed E-state index contributed by atoms with van der Waals surface area (Å²) >= 11 is 3.35. The first kappa shape index (κ1) is 27.9. The molecule has 0 spiro atoms. The molecule has 10 nitrogen and oxygen atoms in total. The van der Waals surface area contributed by atoms with E-state index in [9.17, 15) is 33.3 Å². The number of aliphatic hydroxyl groups excluding tert-OH is 3. The summed E-state index contributed by atoms with van der Waals surface area (Å²) in [6, 6.07) is 13.5. The van der Waals surface area contributed by atoms with Crippen molar-refractivity contribution in [3.63, 3.8) is 0 Å². The summed E-state index contributed by atoms with van der Waals surface area (Å²) < 4.78 is 37.7. The number of ether oxygens (including phenoxy) is 2. The Balaban J connectivity index is 2.02. The molecule has 0 heterocycles. The van der Waals surface area contributed by atoms with Crippen LogP contribution < -0.4 is 4.72 Å². The average molecular weight is 560 g/mol. The van der Waals surface area contributed by atoms with Gasteiger partial charge in [0.15, 0.2) is 6.10 Å². The first-order valence-electron chi connectivity index (χ1n) is 10.1. The van der Waals surface area contributed by atoms with Gasteiger partial charge in [0.1, 0.15) is 18.8 Å². The molecule has 0 fully saturated rings. The van der Waals surface area contributed by atoms with Crippen molar-refractivity contribution in [3.05, 3.63) is 53.0 Å². The van der Waals surface area contributed by atoms with Crippen LogP contribution in [0.25, 0.3) is 11.1 Å². The number of nitrogens with one attached hydrogen (secondary N) is 1. The van der Waals surface area contributed by atoms with Crippen LogP contribution in [0, 0.1) is 0 Å². The Morgan fingerprint density at radius 1 is 0.912 bits per heavy atom. The smallest absolute Gasteiger partial charge is 0.303 e. The highest BCUT2D eigenvalue weighted by Gasteiger charge is 2.34. The standard InChI is InChI=1S/C22H26BrNO9S/c1-13(25)32-12-20(33-14(2)26)22(29)21(28)19(27)11-24-34(30,31)18-9-5-16(6-10-18)15-3-7-17(23)8-4-15/h3-10,19-22,24,27-29H,11-12H2,1-2H3/t19-,20+,21+,22+/m0/s1. The highest BCUT2D eigenvalue weighted by atomic mass is 79.9. The number of carbonyl (C=O) groups excluding carboxylic acids is 2. The van der Waals surface area contributed by atoms with Crippen molar-refractivity contribution < 1.29 is 42.8 Å². The molecular formula is C22H26BrNO9S. The van der Waals surface area contributed by atoms with Crippen molar-refractivity contribution in [3.8, 4) is 11.1 Å². The second kappa shape index (κ2) is 12.4. The molecule has 0 radical (unpaired) electrons. The SMILES string of the molecule is CC(=O)OC[C@@H](OC(C)=O)[C@@H](O)[C@H](O)[C@@H](O)CNS(=O)(=O)c1ccc(-c2ccc(Br)cc2)cc1. The Labute approximate surface area is 205 Å². The number of hydrogen-bond acceptors (Lipinski definition) is 9. The maximum Gasteiger partial charge on any atom is 0.303 e. The molecule has 0 amide bonds. The first-order valence-corrected chi connectivity index (χ1v) is 12.4. The molecule has 4 N–H and O–H groups in total. The van der Waals surface area contributed by atoms with Crippen LogP contribution in [-0.4, -0.2) is 73.2 Å². The van der Waals surface area contributed by atoms with Crippen LogP contribution in [0.3, 0.4) is 0 Å². The predicted octanol–water partition coefficient (Wildman–Crippen LogP) is 0.972. The minimum Gasteiger partial charge on any atom is -0.462 e. The summed E-state index contributed by atoms with van der Waals surface area (Å²) in [5.41, 5.74) is 1.69. The predicted molar refractivity (Wildman–Crippen MR) is 125 cm³/mol. The number of carbonyl (C=O) groups is 2. The Morgan fingerprint density at radius 2 is 1.44 bits per heavy atom. The van der Waals surface area contributed by atoms with Crippen LogP contribution in [0.1, 0.15) is 13.8 Å². The fourth-order valence-electron chi connectivity index (χ4n) is 2.93. The number of rotatable bonds is 11. The van der Waals surface area contributed by atoms with E-state index in [2.05, 4.69) is 20.7 Å². The van der Waals surface area contributed by atoms with Crippen molar-refractivity contribution in [2.75, 3.05) is 13.2 Å². The number of aliphatic hydroxyl groups is 3. The topological polar surface area (TPSA) is 159 Å². The van der Waals surface area contributed by atoms with Gasteiger partial charge in [0, 0.05) is 24.9 Å². The lowest BCUT2D eigenvalue weighted by atomic mass is 10.0. The van der Waals surface area contributed by atoms with Crippen LogP contribution in [0.2, 0.25) is 0 Å². The second-order valence-electron chi connectivity index (χ2n) is 7.38. The van der Waals surface area contributed by atoms with E-state index in [0.29, 0.717) is 0 Å². The van der Waals surface area contributed by atoms with Crippen molar-refractivity contribution >= 4 is 37.9 Å². The lowest BCUT2D eigenvalue weighted by Gasteiger charge is -2.28. The zero-order chi connectivity index (χ0) is 25.5. The van der Waals surface area contributed by atoms with Gasteiger partial charge in [-0.2, -0.15) is 0 Å². The molecule has 34 heavy (non-hydrogen) atoms. The van der Waals surface area contributed by atoms with Gasteiger partial charge in [-0.3, -0.25) is 9.59 Å². The third-order valence-corrected chi connectivity index (χ3v) is 6.69. The zero-order valence-electron chi connectivity index (χ0n) is 18.4. The molecule has 0 aliphatic rings. The average Bonchev–Trinajstić information content (AvgIpc) is 2.79. The summed E-state index contributed by atoms with van der Waals surface area (Å²) in [5, 5.41) is 30.7. The minimum absolute atomic E-state index is 0.0664. The van der Waals surface area contributed by atoms with Crippen molar-refractivity contribution in [1.82, 2.24) is 4.72 Å². The molecule has 186 valence electrons. The first-order chi connectivity index (χ1) is 15.9. The van der Waals surface area contributed by atoms with E-state index < -0.39 is 59.5 Å². The highest BCUT2D eigenvalue weighted by Crippen LogP contribution is 2.23. The lowest BCUT2D eigenvalue weighted by molar-refractivity contribution is -0.173. The third kappa shape index (κ3) is 8.15. The minimum atomic E-state index is -4.05. The van der Waals surface area contributed by atoms with Gasteiger partial charge in [-0.1, -0.05) is 40.2 Å². The molecule has 0 aromatic heterocycles. The number of halogens is 1. The fraction of sp³-hybridized carbons (Fsp3) is 0.364. The molecule has 12 heteroatoms. The van der Waals surface area contributed by atoms with Gasteiger partial charge in [0.2, 0.25) is 10.0 Å². The maximum atomic E-state index is 12.6. The Hall–Kier alpha value is -2.35. The summed E-state index contributed by atoms with van der Waals surface area (Å²) in [5.74, 6) is -1.52. The van der Waals surface area contributed by atoms with Crippen LogP contribution in [0.5, 0.6) is 0 Å². The van der Waals surface area contributed by atoms with Crippen LogP contribution >= 0.6 is 15.9 Å². The van der Waals surface area contributed by atoms with Crippen molar-refractivity contribution in [2.45, 2.75) is 43.2 Å². The largest absolute Gasteiger partial charge is 0.462 e. The monoisotopic (exact) mass is 559 g/mol. The van der Waals surface area contributed by atoms with E-state index in [4.69, 9.17) is 9.47 Å². The zero-order valence-corrected chi connectivity index (χ0v) is 20.8. The second-order valence-corrected chi connectivity index (χ2v) is 10.1. The van der Waals surface area contributed by atoms with E-state index in [1.165, 1.54) is 12.1 Å². The van der Waals surface area contributed by atoms with Gasteiger partial charge in [-0.25, -0.2) is 13.1 Å². The van der Waals surface area contributed by atoms with E-state index in [1.807, 2.05) is 24.3 Å². The number of sulfonamides is 1. The molecule has 0 unspecified atom stereocenters. The van der Waals surface area contributed by atoms with Gasteiger partial charge in [-0.05, 0) is 35.4 Å². The van der Waals surface area contributed by atoms with E-state index in [-0.39, 0.29) is 4.90 Å². The van der Waals surface area contributed by atoms with E-state index in [0.717, 1.165) is 29.4 Å². The highest BCUT2D eigenvalue weighted by molar-refractivity contribution is 9.10. The Bertz CT molecular complexity index is 1070. The molecule has 2 rings (SSSR count). The lowest BCUT2D eigenvalue weighted by Crippen LogP contribution is -2.51. The van der Waals surface area contributed by atoms with Gasteiger partial charge >= 0.3 is 11.9 Å². The molecule has 2 aromatic carbocycles. The molecule has 0 aliphatic carbocycles. The summed E-state index contributed by atoms with van der Waals surface area (Å²) in [6.45, 7) is 0.945. The molecule has 4 atom stereocenters. The van der Waals surface area contributed by atoms with Gasteiger partial charge < -0.3 is 24.8 Å². The molecule has 0 saturated heterocycles. The van der Waals surface area contributed by atoms with E-state index >= 15 is 0 Å². The summed E-state index contributed by atoms with van der Waals surface area (Å²) in [4.78, 5) is 22.1. The van der Waals surface area contributed by atoms with Gasteiger partial charge in [0.25, 0.3) is 0 Å². The van der Waals surface area contributed by atoms with Crippen LogP contribution in [0.15, 0.2) is 57.9 Å². The van der Waals surface area contributed by atoms with Crippen LogP contribution in [-0.2, 0) is 29.1 Å². The molecular weight excluding hydrogens is 534 g/mol. The Morgan fingerprint density at radius 3 is 1.94 bits per heavy atom. The molecule has 0 aliphatic heterocycles. The van der Waals surface area contributed by atoms with Crippen molar-refractivity contribution in [2.24, 2.45) is 0 Å². The van der Waals surface area contributed by atoms with Crippen molar-refractivity contribution in [1.29, 1.82) is 0 Å². The molecule has 2 aromatic rings. The molecule has 0 bridgehead atoms. The quantitative estimate of drug-likeness (QED) is 0.294. The number of hydrogen-bond donors (Lipinski definition) is 4. The fourth-order valence-corrected chi connectivity index (χ4v) is 4.25. The Kier molecular flexibility index (Phi) is 10.2. The van der Waals surface area contributed by atoms with Gasteiger partial charge in [0.05, 0.1) is 11.0 Å². The summed E-state index contributed by atoms with van der Waals surface area (Å²) in [6.07, 6.45) is -6.99. The van der Waals surface area contributed by atoms with E-state index in [1.54, 1.807) is 12.1 Å². The number of esters is 2. The number of benzene rings is 2. The summed E-state index contributed by atoms with van der Waals surface area (Å²) in [7, 11) is -4.05. The maximum absolute atomic E-state index is 12.6. The van der Waals surface area contributed by atoms with Gasteiger partial charge in [-0.15, -0.1) is 0 Å². The molecule has 0 saturated carbocycles. The van der Waals surface area contributed by atoms with Crippen LogP contribution in [0.4, 0.5) is 0 Å².